The van der Waals surface area contributed by atoms with Gasteiger partial charge in [0.2, 0.25) is 10.0 Å². The molecule has 0 aliphatic carbocycles. The molecule has 1 aliphatic rings. The van der Waals surface area contributed by atoms with E-state index in [0.717, 1.165) is 4.47 Å². The van der Waals surface area contributed by atoms with Crippen LogP contribution in [0.4, 0.5) is 5.69 Å². The number of rotatable bonds is 5. The number of aromatic nitrogens is 1. The fraction of sp³-hybridized carbons (Fsp3) is 0.353. The Labute approximate surface area is 171 Å². The minimum atomic E-state index is -3.77. The number of benzene rings is 1. The molecular weight excluding hydrogens is 458 g/mol. The Morgan fingerprint density at radius 1 is 1.30 bits per heavy atom. The maximum atomic E-state index is 12.9. The summed E-state index contributed by atoms with van der Waals surface area (Å²) in [6.07, 6.45) is 1.81. The predicted octanol–water partition coefficient (Wildman–Crippen LogP) is 3.20. The topological polar surface area (TPSA) is 80.6 Å². The molecule has 1 amide bonds. The number of morpholine rings is 1. The van der Waals surface area contributed by atoms with Gasteiger partial charge in [-0.3, -0.25) is 4.79 Å². The first-order valence-electron chi connectivity index (χ1n) is 8.37. The van der Waals surface area contributed by atoms with Gasteiger partial charge in [0.05, 0.1) is 18.2 Å². The van der Waals surface area contributed by atoms with Crippen LogP contribution in [0, 0.1) is 0 Å². The van der Waals surface area contributed by atoms with E-state index >= 15 is 0 Å². The molecule has 10 heteroatoms. The molecule has 0 bridgehead atoms. The number of carbonyl (C=O) groups is 1. The lowest BCUT2D eigenvalue weighted by Crippen LogP contribution is -2.40. The van der Waals surface area contributed by atoms with Gasteiger partial charge in [0, 0.05) is 36.0 Å². The van der Waals surface area contributed by atoms with Crippen LogP contribution in [0.5, 0.6) is 0 Å². The maximum absolute atomic E-state index is 12.9. The third kappa shape index (κ3) is 4.38. The molecule has 27 heavy (non-hydrogen) atoms. The molecule has 146 valence electrons. The van der Waals surface area contributed by atoms with Gasteiger partial charge < -0.3 is 14.6 Å². The number of sulfonamides is 1. The Bertz CT molecular complexity index is 955. The number of nitrogens with zero attached hydrogens (tertiary/aromatic N) is 2. The number of ether oxygens (including phenoxy) is 1. The number of hydrogen-bond acceptors (Lipinski definition) is 4. The Morgan fingerprint density at radius 2 is 2.00 bits per heavy atom. The van der Waals surface area contributed by atoms with Gasteiger partial charge in [-0.2, -0.15) is 4.31 Å². The van der Waals surface area contributed by atoms with Crippen LogP contribution < -0.4 is 5.32 Å². The molecule has 7 nitrogen and oxygen atoms in total. The Balaban J connectivity index is 1.88. The lowest BCUT2D eigenvalue weighted by Gasteiger charge is -2.26. The summed E-state index contributed by atoms with van der Waals surface area (Å²) in [4.78, 5) is 12.6. The summed E-state index contributed by atoms with van der Waals surface area (Å²) < 4.78 is 34.9. The summed E-state index contributed by atoms with van der Waals surface area (Å²) in [7, 11) is -3.77. The highest BCUT2D eigenvalue weighted by molar-refractivity contribution is 9.10. The van der Waals surface area contributed by atoms with E-state index < -0.39 is 10.0 Å². The van der Waals surface area contributed by atoms with Crippen molar-refractivity contribution in [1.29, 1.82) is 0 Å². The molecule has 0 radical (unpaired) electrons. The van der Waals surface area contributed by atoms with E-state index in [1.54, 1.807) is 16.7 Å². The second-order valence-electron chi connectivity index (χ2n) is 5.95. The summed E-state index contributed by atoms with van der Waals surface area (Å²) in [5.74, 6) is -0.334. The number of amides is 1. The third-order valence-corrected chi connectivity index (χ3v) is 7.03. The first-order chi connectivity index (χ1) is 12.8. The van der Waals surface area contributed by atoms with Crippen molar-refractivity contribution in [2.24, 2.45) is 0 Å². The fourth-order valence-electron chi connectivity index (χ4n) is 2.83. The highest BCUT2D eigenvalue weighted by atomic mass is 79.9. The van der Waals surface area contributed by atoms with Crippen molar-refractivity contribution in [3.05, 3.63) is 45.7 Å². The molecule has 1 aromatic heterocycles. The van der Waals surface area contributed by atoms with Crippen molar-refractivity contribution in [3.63, 3.8) is 0 Å². The molecule has 0 saturated carbocycles. The Hall–Kier alpha value is -1.39. The molecule has 0 atom stereocenters. The van der Waals surface area contributed by atoms with Crippen molar-refractivity contribution in [3.8, 4) is 0 Å². The van der Waals surface area contributed by atoms with Crippen LogP contribution in [0.1, 0.15) is 17.4 Å². The number of halogens is 2. The molecule has 1 saturated heterocycles. The molecule has 2 heterocycles. The molecule has 0 unspecified atom stereocenters. The summed E-state index contributed by atoms with van der Waals surface area (Å²) in [5.41, 5.74) is 0.827. The van der Waals surface area contributed by atoms with Gasteiger partial charge in [0.1, 0.15) is 10.6 Å². The van der Waals surface area contributed by atoms with Gasteiger partial charge in [-0.25, -0.2) is 8.42 Å². The van der Waals surface area contributed by atoms with E-state index in [9.17, 15) is 13.2 Å². The van der Waals surface area contributed by atoms with Gasteiger partial charge >= 0.3 is 0 Å². The van der Waals surface area contributed by atoms with Crippen molar-refractivity contribution >= 4 is 49.1 Å². The minimum absolute atomic E-state index is 0.0316. The first-order valence-corrected chi connectivity index (χ1v) is 11.0. The fourth-order valence-corrected chi connectivity index (χ4v) is 5.20. The van der Waals surface area contributed by atoms with Crippen molar-refractivity contribution in [1.82, 2.24) is 8.87 Å². The standard InChI is InChI=1S/C17H19BrClN3O4S/c1-2-21-11-12(18)9-15(21)17(23)20-13-3-4-14(19)16(10-13)27(24,25)22-5-7-26-8-6-22/h3-4,9-11H,2,5-8H2,1H3,(H,20,23). The van der Waals surface area contributed by atoms with E-state index in [1.165, 1.54) is 16.4 Å². The zero-order valence-corrected chi connectivity index (χ0v) is 17.8. The van der Waals surface area contributed by atoms with Gasteiger partial charge in [0.15, 0.2) is 0 Å². The number of aryl methyl sites for hydroxylation is 1. The summed E-state index contributed by atoms with van der Waals surface area (Å²) >= 11 is 9.50. The molecule has 0 spiro atoms. The van der Waals surface area contributed by atoms with Crippen LogP contribution in [0.2, 0.25) is 5.02 Å². The lowest BCUT2D eigenvalue weighted by atomic mass is 10.3. The first kappa shape index (κ1) is 20.3. The largest absolute Gasteiger partial charge is 0.379 e. The number of carbonyl (C=O) groups excluding carboxylic acids is 1. The average molecular weight is 477 g/mol. The minimum Gasteiger partial charge on any atom is -0.379 e. The van der Waals surface area contributed by atoms with Gasteiger partial charge in [-0.15, -0.1) is 0 Å². The van der Waals surface area contributed by atoms with E-state index in [4.69, 9.17) is 16.3 Å². The van der Waals surface area contributed by atoms with Crippen molar-refractivity contribution in [2.45, 2.75) is 18.4 Å². The molecule has 2 aromatic rings. The number of nitrogens with one attached hydrogen (secondary N) is 1. The predicted molar refractivity (Wildman–Crippen MR) is 107 cm³/mol. The number of anilines is 1. The van der Waals surface area contributed by atoms with E-state index in [0.29, 0.717) is 31.1 Å². The van der Waals surface area contributed by atoms with Crippen LogP contribution in [-0.4, -0.2) is 49.5 Å². The Kier molecular flexibility index (Phi) is 6.27. The summed E-state index contributed by atoms with van der Waals surface area (Å²) in [6.45, 7) is 3.79. The average Bonchev–Trinajstić information content (AvgIpc) is 3.05. The zero-order chi connectivity index (χ0) is 19.6. The normalized spacial score (nSPS) is 15.7. The van der Waals surface area contributed by atoms with Crippen molar-refractivity contribution in [2.75, 3.05) is 31.6 Å². The second kappa shape index (κ2) is 8.32. The van der Waals surface area contributed by atoms with Gasteiger partial charge in [-0.1, -0.05) is 11.6 Å². The molecular formula is C17H19BrClN3O4S. The molecule has 1 aromatic carbocycles. The van der Waals surface area contributed by atoms with E-state index in [2.05, 4.69) is 21.2 Å². The van der Waals surface area contributed by atoms with E-state index in [1.807, 2.05) is 13.1 Å². The smallest absolute Gasteiger partial charge is 0.272 e. The SMILES string of the molecule is CCn1cc(Br)cc1C(=O)Nc1ccc(Cl)c(S(=O)(=O)N2CCOCC2)c1. The summed E-state index contributed by atoms with van der Waals surface area (Å²) in [6, 6.07) is 6.14. The second-order valence-corrected chi connectivity index (χ2v) is 9.17. The third-order valence-electron chi connectivity index (χ3n) is 4.21. The van der Waals surface area contributed by atoms with Gasteiger partial charge in [0.25, 0.3) is 5.91 Å². The molecule has 3 rings (SSSR count). The monoisotopic (exact) mass is 475 g/mol. The maximum Gasteiger partial charge on any atom is 0.272 e. The van der Waals surface area contributed by atoms with Crippen LogP contribution in [0.3, 0.4) is 0 Å². The van der Waals surface area contributed by atoms with Crippen LogP contribution in [0.25, 0.3) is 0 Å². The van der Waals surface area contributed by atoms with Gasteiger partial charge in [-0.05, 0) is 47.1 Å². The van der Waals surface area contributed by atoms with Crippen LogP contribution in [0.15, 0.2) is 39.8 Å². The molecule has 1 aliphatic heterocycles. The van der Waals surface area contributed by atoms with Crippen LogP contribution >= 0.6 is 27.5 Å². The van der Waals surface area contributed by atoms with E-state index in [-0.39, 0.29) is 28.9 Å². The summed E-state index contributed by atoms with van der Waals surface area (Å²) in [5, 5.41) is 2.85. The molecule has 1 fully saturated rings. The quantitative estimate of drug-likeness (QED) is 0.719. The van der Waals surface area contributed by atoms with Crippen molar-refractivity contribution < 1.29 is 17.9 Å². The highest BCUT2D eigenvalue weighted by Gasteiger charge is 2.28. The van der Waals surface area contributed by atoms with Crippen LogP contribution in [-0.2, 0) is 21.3 Å². The Morgan fingerprint density at radius 3 is 2.67 bits per heavy atom. The zero-order valence-electron chi connectivity index (χ0n) is 14.6. The lowest BCUT2D eigenvalue weighted by molar-refractivity contribution is 0.0730. The number of hydrogen-bond donors (Lipinski definition) is 1. The molecule has 1 N–H and O–H groups in total. The highest BCUT2D eigenvalue weighted by Crippen LogP contribution is 2.28.